The summed E-state index contributed by atoms with van der Waals surface area (Å²) in [6.45, 7) is 2.82. The molecule has 2 aromatic heterocycles. The lowest BCUT2D eigenvalue weighted by atomic mass is 10.1. The topological polar surface area (TPSA) is 74.1 Å². The third kappa shape index (κ3) is 2.92. The maximum Gasteiger partial charge on any atom is 0.142 e. The normalized spacial score (nSPS) is 18.2. The summed E-state index contributed by atoms with van der Waals surface area (Å²) in [4.78, 5) is 18.0. The smallest absolute Gasteiger partial charge is 0.142 e. The van der Waals surface area contributed by atoms with Gasteiger partial charge in [-0.15, -0.1) is 0 Å². The number of nitrogen functional groups attached to an aromatic ring is 1. The molecule has 0 bridgehead atoms. The van der Waals surface area contributed by atoms with Crippen molar-refractivity contribution in [2.75, 3.05) is 30.3 Å². The van der Waals surface area contributed by atoms with E-state index in [0.29, 0.717) is 0 Å². The molecule has 1 saturated heterocycles. The number of aromatic amines is 1. The van der Waals surface area contributed by atoms with E-state index in [4.69, 9.17) is 18.0 Å². The standard InChI is InChI=1S/C20H22N6S/c21-15-3-1-14(2-4-15)11-17(27)26-10-9-25(12-20(26)6-7-20)19-16-5-8-22-18(16)23-13-24-19/h1-5,8,13H,6-7,9-12,21H2,(H,22,23,24). The van der Waals surface area contributed by atoms with Crippen molar-refractivity contribution >= 4 is 39.7 Å². The molecule has 7 heteroatoms. The van der Waals surface area contributed by atoms with E-state index in [2.05, 4.69) is 43.0 Å². The lowest BCUT2D eigenvalue weighted by Crippen LogP contribution is -2.57. The van der Waals surface area contributed by atoms with Crippen molar-refractivity contribution in [2.45, 2.75) is 24.8 Å². The van der Waals surface area contributed by atoms with Gasteiger partial charge in [0, 0.05) is 37.9 Å². The van der Waals surface area contributed by atoms with Gasteiger partial charge >= 0.3 is 0 Å². The monoisotopic (exact) mass is 378 g/mol. The van der Waals surface area contributed by atoms with Gasteiger partial charge in [0.15, 0.2) is 0 Å². The van der Waals surface area contributed by atoms with E-state index in [1.165, 1.54) is 18.4 Å². The number of nitrogens with one attached hydrogen (secondary N) is 1. The first-order chi connectivity index (χ1) is 13.1. The minimum absolute atomic E-state index is 0.163. The predicted molar refractivity (Wildman–Crippen MR) is 112 cm³/mol. The Labute approximate surface area is 163 Å². The molecule has 1 aliphatic heterocycles. The second kappa shape index (κ2) is 6.20. The maximum absolute atomic E-state index is 5.84. The summed E-state index contributed by atoms with van der Waals surface area (Å²) in [5.41, 5.74) is 8.86. The third-order valence-corrected chi connectivity index (χ3v) is 6.11. The predicted octanol–water partition coefficient (Wildman–Crippen LogP) is 2.76. The van der Waals surface area contributed by atoms with Gasteiger partial charge in [-0.3, -0.25) is 0 Å². The number of thiocarbonyl (C=S) groups is 1. The van der Waals surface area contributed by atoms with Crippen LogP contribution in [0.15, 0.2) is 42.9 Å². The Kier molecular flexibility index (Phi) is 3.79. The van der Waals surface area contributed by atoms with E-state index in [1.54, 1.807) is 6.33 Å². The van der Waals surface area contributed by atoms with Gasteiger partial charge in [0.05, 0.1) is 15.9 Å². The molecule has 1 aromatic carbocycles. The summed E-state index contributed by atoms with van der Waals surface area (Å²) in [5, 5.41) is 1.09. The van der Waals surface area contributed by atoms with Crippen LogP contribution in [0, 0.1) is 0 Å². The molecule has 0 radical (unpaired) electrons. The van der Waals surface area contributed by atoms with Crippen molar-refractivity contribution in [3.8, 4) is 0 Å². The van der Waals surface area contributed by atoms with Gasteiger partial charge in [0.25, 0.3) is 0 Å². The molecule has 1 aliphatic carbocycles. The molecule has 3 heterocycles. The number of hydrogen-bond donors (Lipinski definition) is 2. The van der Waals surface area contributed by atoms with Crippen LogP contribution < -0.4 is 10.6 Å². The zero-order valence-corrected chi connectivity index (χ0v) is 15.9. The molecular formula is C20H22N6S. The van der Waals surface area contributed by atoms with E-state index >= 15 is 0 Å². The van der Waals surface area contributed by atoms with Gasteiger partial charge in [0.1, 0.15) is 17.8 Å². The van der Waals surface area contributed by atoms with Crippen LogP contribution >= 0.6 is 12.2 Å². The Morgan fingerprint density at radius 3 is 2.74 bits per heavy atom. The number of piperazine rings is 1. The van der Waals surface area contributed by atoms with E-state index < -0.39 is 0 Å². The highest BCUT2D eigenvalue weighted by Crippen LogP contribution is 2.45. The van der Waals surface area contributed by atoms with Gasteiger partial charge in [0.2, 0.25) is 0 Å². The maximum atomic E-state index is 5.84. The van der Waals surface area contributed by atoms with E-state index in [9.17, 15) is 0 Å². The number of fused-ring (bicyclic) bond motifs is 1. The number of benzene rings is 1. The van der Waals surface area contributed by atoms with Crippen molar-refractivity contribution in [3.63, 3.8) is 0 Å². The average Bonchev–Trinajstić information content (AvgIpc) is 3.25. The minimum atomic E-state index is 0.163. The van der Waals surface area contributed by atoms with Gasteiger partial charge in [-0.2, -0.15) is 0 Å². The number of aromatic nitrogens is 3. The largest absolute Gasteiger partial charge is 0.399 e. The minimum Gasteiger partial charge on any atom is -0.399 e. The molecule has 1 saturated carbocycles. The molecule has 2 aliphatic rings. The molecule has 27 heavy (non-hydrogen) atoms. The molecule has 0 unspecified atom stereocenters. The number of hydrogen-bond acceptors (Lipinski definition) is 5. The number of nitrogens with two attached hydrogens (primary N) is 1. The fourth-order valence-corrected chi connectivity index (χ4v) is 4.59. The van der Waals surface area contributed by atoms with Gasteiger partial charge in [-0.1, -0.05) is 24.4 Å². The van der Waals surface area contributed by atoms with Crippen LogP contribution in [-0.4, -0.2) is 50.0 Å². The van der Waals surface area contributed by atoms with Crippen LogP contribution in [0.4, 0.5) is 11.5 Å². The second-order valence-corrected chi connectivity index (χ2v) is 8.02. The molecular weight excluding hydrogens is 356 g/mol. The van der Waals surface area contributed by atoms with E-state index in [-0.39, 0.29) is 5.54 Å². The quantitative estimate of drug-likeness (QED) is 0.539. The zero-order valence-electron chi connectivity index (χ0n) is 15.1. The van der Waals surface area contributed by atoms with E-state index in [1.807, 2.05) is 18.3 Å². The molecule has 3 N–H and O–H groups in total. The Morgan fingerprint density at radius 1 is 1.15 bits per heavy atom. The summed E-state index contributed by atoms with van der Waals surface area (Å²) in [5.74, 6) is 1.02. The Balaban J connectivity index is 1.34. The Morgan fingerprint density at radius 2 is 1.96 bits per heavy atom. The van der Waals surface area contributed by atoms with Gasteiger partial charge < -0.3 is 20.5 Å². The van der Waals surface area contributed by atoms with Crippen LogP contribution in [0.1, 0.15) is 18.4 Å². The average molecular weight is 379 g/mol. The van der Waals surface area contributed by atoms with Crippen molar-refractivity contribution in [1.29, 1.82) is 0 Å². The lowest BCUT2D eigenvalue weighted by molar-refractivity contribution is 0.260. The van der Waals surface area contributed by atoms with Crippen molar-refractivity contribution in [2.24, 2.45) is 0 Å². The first-order valence-electron chi connectivity index (χ1n) is 9.33. The second-order valence-electron chi connectivity index (χ2n) is 7.55. The number of anilines is 2. The first-order valence-corrected chi connectivity index (χ1v) is 9.73. The highest BCUT2D eigenvalue weighted by molar-refractivity contribution is 7.80. The summed E-state index contributed by atoms with van der Waals surface area (Å²) in [6, 6.07) is 10.1. The molecule has 0 amide bonds. The number of nitrogens with zero attached hydrogens (tertiary/aromatic N) is 4. The fourth-order valence-electron chi connectivity index (χ4n) is 4.14. The summed E-state index contributed by atoms with van der Waals surface area (Å²) in [7, 11) is 0. The molecule has 6 nitrogen and oxygen atoms in total. The van der Waals surface area contributed by atoms with Gasteiger partial charge in [-0.05, 0) is 36.6 Å². The van der Waals surface area contributed by atoms with Crippen LogP contribution in [0.25, 0.3) is 11.0 Å². The van der Waals surface area contributed by atoms with Crippen LogP contribution in [0.3, 0.4) is 0 Å². The highest BCUT2D eigenvalue weighted by Gasteiger charge is 2.52. The van der Waals surface area contributed by atoms with Crippen molar-refractivity contribution < 1.29 is 0 Å². The number of rotatable bonds is 3. The fraction of sp³-hybridized carbons (Fsp3) is 0.350. The van der Waals surface area contributed by atoms with Crippen LogP contribution in [-0.2, 0) is 6.42 Å². The Bertz CT molecular complexity index is 991. The Hall–Kier alpha value is -2.67. The molecule has 3 aromatic rings. The SMILES string of the molecule is Nc1ccc(CC(=S)N2CCN(c3ncnc4[nH]ccc34)CC23CC3)cc1. The summed E-state index contributed by atoms with van der Waals surface area (Å²) >= 11 is 5.84. The number of H-pyrrole nitrogens is 1. The molecule has 138 valence electrons. The zero-order chi connectivity index (χ0) is 18.4. The highest BCUT2D eigenvalue weighted by atomic mass is 32.1. The lowest BCUT2D eigenvalue weighted by Gasteiger charge is -2.44. The van der Waals surface area contributed by atoms with E-state index in [0.717, 1.165) is 53.6 Å². The van der Waals surface area contributed by atoms with Gasteiger partial charge in [-0.25, -0.2) is 9.97 Å². The van der Waals surface area contributed by atoms with Crippen LogP contribution in [0.2, 0.25) is 0 Å². The summed E-state index contributed by atoms with van der Waals surface area (Å²) in [6.07, 6.45) is 6.74. The molecule has 1 spiro atoms. The summed E-state index contributed by atoms with van der Waals surface area (Å²) < 4.78 is 0. The first kappa shape index (κ1) is 16.5. The van der Waals surface area contributed by atoms with Crippen molar-refractivity contribution in [1.82, 2.24) is 19.9 Å². The molecule has 5 rings (SSSR count). The van der Waals surface area contributed by atoms with Crippen LogP contribution in [0.5, 0.6) is 0 Å². The third-order valence-electron chi connectivity index (χ3n) is 5.75. The van der Waals surface area contributed by atoms with Crippen molar-refractivity contribution in [3.05, 3.63) is 48.4 Å². The molecule has 0 atom stereocenters. The molecule has 2 fully saturated rings.